The number of carbonyl (C=O) groups is 1. The van der Waals surface area contributed by atoms with Crippen molar-refractivity contribution in [2.45, 2.75) is 16.6 Å². The van der Waals surface area contributed by atoms with E-state index in [1.54, 1.807) is 17.8 Å². The molecule has 0 radical (unpaired) electrons. The van der Waals surface area contributed by atoms with Gasteiger partial charge in [-0.05, 0) is 24.5 Å². The number of thioether (sulfide) groups is 1. The number of hydrogen-bond donors (Lipinski definition) is 1. The SMILES string of the molecule is CSc1cccc(N2CC(S(N)(=O)=O)CC2=O)c1. The summed E-state index contributed by atoms with van der Waals surface area (Å²) in [4.78, 5) is 14.3. The Labute approximate surface area is 110 Å². The second kappa shape index (κ2) is 4.91. The quantitative estimate of drug-likeness (QED) is 0.834. The van der Waals surface area contributed by atoms with E-state index in [0.717, 1.165) is 10.6 Å². The third kappa shape index (κ3) is 2.68. The average molecular weight is 286 g/mol. The highest BCUT2D eigenvalue weighted by Crippen LogP contribution is 2.27. The first-order valence-corrected chi connectivity index (χ1v) is 8.21. The van der Waals surface area contributed by atoms with Crippen LogP contribution in [0.25, 0.3) is 0 Å². The molecule has 1 unspecified atom stereocenters. The Hall–Kier alpha value is -1.05. The molecule has 5 nitrogen and oxygen atoms in total. The third-order valence-corrected chi connectivity index (χ3v) is 4.89. The normalized spacial score (nSPS) is 20.4. The van der Waals surface area contributed by atoms with E-state index in [1.165, 1.54) is 4.90 Å². The Morgan fingerprint density at radius 2 is 2.17 bits per heavy atom. The fourth-order valence-corrected chi connectivity index (χ4v) is 3.11. The molecule has 2 N–H and O–H groups in total. The van der Waals surface area contributed by atoms with Crippen molar-refractivity contribution < 1.29 is 13.2 Å². The van der Waals surface area contributed by atoms with Gasteiger partial charge in [-0.25, -0.2) is 13.6 Å². The standard InChI is InChI=1S/C11H14N2O3S2/c1-17-9-4-2-3-8(5-9)13-7-10(6-11(13)14)18(12,15)16/h2-5,10H,6-7H2,1H3,(H2,12,15,16). The monoisotopic (exact) mass is 286 g/mol. The number of hydrogen-bond acceptors (Lipinski definition) is 4. The molecule has 18 heavy (non-hydrogen) atoms. The van der Waals surface area contributed by atoms with Crippen molar-refractivity contribution in [2.24, 2.45) is 5.14 Å². The Bertz CT molecular complexity index is 571. The van der Waals surface area contributed by atoms with Gasteiger partial charge >= 0.3 is 0 Å². The summed E-state index contributed by atoms with van der Waals surface area (Å²) in [5.74, 6) is -0.202. The highest BCUT2D eigenvalue weighted by molar-refractivity contribution is 7.98. The molecule has 1 amide bonds. The number of carbonyl (C=O) groups excluding carboxylic acids is 1. The van der Waals surface area contributed by atoms with Crippen LogP contribution in [-0.4, -0.2) is 32.4 Å². The fraction of sp³-hybridized carbons (Fsp3) is 0.364. The molecule has 0 aromatic heterocycles. The lowest BCUT2D eigenvalue weighted by Crippen LogP contribution is -2.32. The Morgan fingerprint density at radius 3 is 2.72 bits per heavy atom. The molecule has 1 aromatic carbocycles. The lowest BCUT2D eigenvalue weighted by atomic mass is 10.3. The van der Waals surface area contributed by atoms with E-state index in [4.69, 9.17) is 5.14 Å². The maximum atomic E-state index is 11.8. The van der Waals surface area contributed by atoms with Crippen molar-refractivity contribution in [3.05, 3.63) is 24.3 Å². The number of benzene rings is 1. The molecule has 1 fully saturated rings. The minimum absolute atomic E-state index is 0.0394. The molecule has 0 spiro atoms. The molecule has 0 bridgehead atoms. The summed E-state index contributed by atoms with van der Waals surface area (Å²) in [6.07, 6.45) is 1.90. The van der Waals surface area contributed by atoms with Crippen LogP contribution < -0.4 is 10.0 Å². The molecular weight excluding hydrogens is 272 g/mol. The van der Waals surface area contributed by atoms with E-state index in [9.17, 15) is 13.2 Å². The molecule has 0 saturated carbocycles. The Kier molecular flexibility index (Phi) is 3.65. The van der Waals surface area contributed by atoms with Crippen LogP contribution >= 0.6 is 11.8 Å². The van der Waals surface area contributed by atoms with Gasteiger partial charge in [0.25, 0.3) is 0 Å². The first-order valence-electron chi connectivity index (χ1n) is 5.38. The second-order valence-electron chi connectivity index (χ2n) is 4.12. The van der Waals surface area contributed by atoms with Gasteiger partial charge in [0.1, 0.15) is 5.25 Å². The van der Waals surface area contributed by atoms with Gasteiger partial charge in [0, 0.05) is 23.5 Å². The molecule has 1 heterocycles. The van der Waals surface area contributed by atoms with Crippen LogP contribution in [-0.2, 0) is 14.8 Å². The number of primary sulfonamides is 1. The minimum atomic E-state index is -3.66. The number of anilines is 1. The van der Waals surface area contributed by atoms with E-state index in [-0.39, 0.29) is 18.9 Å². The molecule has 1 aliphatic rings. The van der Waals surface area contributed by atoms with Crippen molar-refractivity contribution in [2.75, 3.05) is 17.7 Å². The van der Waals surface area contributed by atoms with Gasteiger partial charge in [0.15, 0.2) is 0 Å². The van der Waals surface area contributed by atoms with Crippen molar-refractivity contribution >= 4 is 33.4 Å². The minimum Gasteiger partial charge on any atom is -0.311 e. The van der Waals surface area contributed by atoms with Gasteiger partial charge in [-0.1, -0.05) is 6.07 Å². The summed E-state index contributed by atoms with van der Waals surface area (Å²) >= 11 is 1.57. The maximum Gasteiger partial charge on any atom is 0.228 e. The lowest BCUT2D eigenvalue weighted by molar-refractivity contribution is -0.117. The number of nitrogens with two attached hydrogens (primary N) is 1. The zero-order valence-electron chi connectivity index (χ0n) is 9.87. The van der Waals surface area contributed by atoms with Crippen molar-refractivity contribution in [3.8, 4) is 0 Å². The smallest absolute Gasteiger partial charge is 0.228 e. The summed E-state index contributed by atoms with van der Waals surface area (Å²) in [5.41, 5.74) is 0.720. The van der Waals surface area contributed by atoms with Crippen molar-refractivity contribution in [1.29, 1.82) is 0 Å². The molecule has 2 rings (SSSR count). The van der Waals surface area contributed by atoms with Crippen LogP contribution in [0.2, 0.25) is 0 Å². The predicted molar refractivity (Wildman–Crippen MR) is 72.1 cm³/mol. The first-order chi connectivity index (χ1) is 8.41. The number of sulfonamides is 1. The first kappa shape index (κ1) is 13.4. The van der Waals surface area contributed by atoms with E-state index >= 15 is 0 Å². The number of nitrogens with zero attached hydrogens (tertiary/aromatic N) is 1. The van der Waals surface area contributed by atoms with E-state index in [1.807, 2.05) is 24.5 Å². The van der Waals surface area contributed by atoms with Crippen LogP contribution in [0.15, 0.2) is 29.2 Å². The van der Waals surface area contributed by atoms with Crippen LogP contribution in [0.5, 0.6) is 0 Å². The van der Waals surface area contributed by atoms with Crippen LogP contribution in [0.4, 0.5) is 5.69 Å². The summed E-state index contributed by atoms with van der Waals surface area (Å²) in [6.45, 7) is 0.134. The predicted octanol–water partition coefficient (Wildman–Crippen LogP) is 0.802. The summed E-state index contributed by atoms with van der Waals surface area (Å²) in [7, 11) is -3.66. The molecule has 1 saturated heterocycles. The summed E-state index contributed by atoms with van der Waals surface area (Å²) in [6, 6.07) is 7.45. The van der Waals surface area contributed by atoms with E-state index in [0.29, 0.717) is 0 Å². The van der Waals surface area contributed by atoms with Crippen LogP contribution in [0, 0.1) is 0 Å². The van der Waals surface area contributed by atoms with Crippen molar-refractivity contribution in [3.63, 3.8) is 0 Å². The maximum absolute atomic E-state index is 11.8. The molecule has 1 atom stereocenters. The molecular formula is C11H14N2O3S2. The lowest BCUT2D eigenvalue weighted by Gasteiger charge is -2.16. The fourth-order valence-electron chi connectivity index (χ4n) is 1.92. The zero-order valence-corrected chi connectivity index (χ0v) is 11.5. The number of rotatable bonds is 3. The van der Waals surface area contributed by atoms with Gasteiger partial charge in [0.2, 0.25) is 15.9 Å². The Morgan fingerprint density at radius 1 is 1.44 bits per heavy atom. The molecule has 1 aliphatic heterocycles. The Balaban J connectivity index is 2.27. The second-order valence-corrected chi connectivity index (χ2v) is 6.85. The third-order valence-electron chi connectivity index (χ3n) is 2.92. The summed E-state index contributed by atoms with van der Waals surface area (Å²) in [5, 5.41) is 4.29. The molecule has 7 heteroatoms. The zero-order chi connectivity index (χ0) is 13.3. The van der Waals surface area contributed by atoms with Gasteiger partial charge in [-0.2, -0.15) is 0 Å². The van der Waals surface area contributed by atoms with E-state index in [2.05, 4.69) is 0 Å². The topological polar surface area (TPSA) is 80.5 Å². The molecule has 98 valence electrons. The molecule has 0 aliphatic carbocycles. The van der Waals surface area contributed by atoms with E-state index < -0.39 is 15.3 Å². The van der Waals surface area contributed by atoms with Crippen molar-refractivity contribution in [1.82, 2.24) is 0 Å². The van der Waals surface area contributed by atoms with Gasteiger partial charge in [0.05, 0.1) is 0 Å². The summed E-state index contributed by atoms with van der Waals surface area (Å²) < 4.78 is 22.5. The van der Waals surface area contributed by atoms with Crippen LogP contribution in [0.3, 0.4) is 0 Å². The highest BCUT2D eigenvalue weighted by Gasteiger charge is 2.37. The van der Waals surface area contributed by atoms with Crippen LogP contribution in [0.1, 0.15) is 6.42 Å². The van der Waals surface area contributed by atoms with Gasteiger partial charge in [-0.3, -0.25) is 4.79 Å². The molecule has 1 aromatic rings. The van der Waals surface area contributed by atoms with Gasteiger partial charge in [-0.15, -0.1) is 11.8 Å². The highest BCUT2D eigenvalue weighted by atomic mass is 32.2. The van der Waals surface area contributed by atoms with Gasteiger partial charge < -0.3 is 4.90 Å². The average Bonchev–Trinajstić information content (AvgIpc) is 2.71. The number of amides is 1. The largest absolute Gasteiger partial charge is 0.311 e.